The maximum atomic E-state index is 13.8. The van der Waals surface area contributed by atoms with E-state index in [1.165, 1.54) is 21.1 Å². The first-order valence-electron chi connectivity index (χ1n) is 26.6. The van der Waals surface area contributed by atoms with Crippen molar-refractivity contribution in [3.05, 3.63) is 143 Å². The van der Waals surface area contributed by atoms with Crippen LogP contribution in [-0.4, -0.2) is 132 Å². The number of nitrogens with one attached hydrogen (secondary N) is 5. The van der Waals surface area contributed by atoms with Crippen LogP contribution >= 0.6 is 11.8 Å². The summed E-state index contributed by atoms with van der Waals surface area (Å²) >= 11 is 1.87. The third-order valence-electron chi connectivity index (χ3n) is 13.4. The summed E-state index contributed by atoms with van der Waals surface area (Å²) in [7, 11) is -7.48. The molecule has 7 rings (SSSR count). The van der Waals surface area contributed by atoms with Crippen molar-refractivity contribution in [2.45, 2.75) is 130 Å². The average Bonchev–Trinajstić information content (AvgIpc) is 4.22. The van der Waals surface area contributed by atoms with E-state index in [9.17, 15) is 54.7 Å². The van der Waals surface area contributed by atoms with Gasteiger partial charge in [-0.2, -0.15) is 16.1 Å². The van der Waals surface area contributed by atoms with Crippen LogP contribution in [0.2, 0.25) is 0 Å². The highest BCUT2D eigenvalue weighted by atomic mass is 32.2. The number of aliphatic hydroxyl groups excluding tert-OH is 1. The van der Waals surface area contributed by atoms with Crippen molar-refractivity contribution in [1.82, 2.24) is 45.9 Å². The van der Waals surface area contributed by atoms with Crippen molar-refractivity contribution in [2.24, 2.45) is 5.92 Å². The Kier molecular flexibility index (Phi) is 23.3. The highest BCUT2D eigenvalue weighted by Crippen LogP contribution is 2.33. The fourth-order valence-corrected chi connectivity index (χ4v) is 13.0. The number of benzene rings is 4. The van der Waals surface area contributed by atoms with Gasteiger partial charge in [-0.1, -0.05) is 105 Å². The van der Waals surface area contributed by atoms with Crippen molar-refractivity contribution >= 4 is 61.2 Å². The predicted molar refractivity (Wildman–Crippen MR) is 299 cm³/mol. The average molecular weight is 1160 g/mol. The molecular weight excluding hydrogens is 1090 g/mol. The predicted octanol–water partition coefficient (Wildman–Crippen LogP) is 5.89. The van der Waals surface area contributed by atoms with Gasteiger partial charge in [-0.25, -0.2) is 35.1 Å². The van der Waals surface area contributed by atoms with E-state index in [-0.39, 0.29) is 79.0 Å². The lowest BCUT2D eigenvalue weighted by Gasteiger charge is -2.28. The summed E-state index contributed by atoms with van der Waals surface area (Å²) in [6.07, 6.45) is 6.65. The minimum atomic E-state index is -3.88. The fraction of sp³-hybridized carbons (Fsp3) is 0.446. The van der Waals surface area contributed by atoms with Gasteiger partial charge in [0.2, 0.25) is 27.7 Å². The zero-order valence-corrected chi connectivity index (χ0v) is 47.7. The number of urea groups is 1. The van der Waals surface area contributed by atoms with Crippen molar-refractivity contribution < 1.29 is 54.7 Å². The minimum absolute atomic E-state index is 0.000124. The number of carbonyl (C=O) groups excluding carboxylic acids is 5. The molecule has 24 heteroatoms. The molecule has 0 radical (unpaired) electrons. The number of unbranched alkanes of at least 4 members (excludes halogenated alkanes) is 3. The quantitative estimate of drug-likeness (QED) is 0.0148. The number of aliphatic hydroxyl groups is 1. The van der Waals surface area contributed by atoms with E-state index in [2.05, 4.69) is 36.9 Å². The van der Waals surface area contributed by atoms with Gasteiger partial charge in [0.05, 0.1) is 41.9 Å². The molecule has 2 saturated heterocycles. The number of thioether (sulfide) groups is 1. The molecule has 6 atom stereocenters. The Bertz CT molecular complexity index is 3100. The molecule has 0 aliphatic carbocycles. The standard InChI is InChI=1S/C49H65N9O8S2.C7H6F2O2S/c1-33(2)29-57(68(65,66)39-17-9-5-10-18-39)31-42(59)34(3)58-30-38(55-56-58)28-51-48(63)40(27-35-22-24-37(25-23-35)47(62)36-15-7-4-8-16-36)52-45(61)21-11-6-14-26-50-44(60)20-13-12-19-43-46-41(32-67-43)53-49(64)54-46;1-12(10,11)7-3-2-5(8)4-6(7)9/h4-5,7-10,15-18,22-25,30,33-34,40-43,46,59H,6,11-14,19-21,26-29,31-32H2,1-3H3,(H,50,60)(H,51,63)(H,52,61)(H2,53,54,64);2-4H,1H3/t34-,40-,41-,42?,43-,46-;/m0./s1. The second-order valence-corrected chi connectivity index (χ2v) is 25.5. The molecule has 80 heavy (non-hydrogen) atoms. The minimum Gasteiger partial charge on any atom is -0.390 e. The van der Waals surface area contributed by atoms with Gasteiger partial charge >= 0.3 is 6.03 Å². The molecule has 4 aromatic carbocycles. The Hall–Kier alpha value is -6.60. The van der Waals surface area contributed by atoms with Gasteiger partial charge in [0.1, 0.15) is 28.3 Å². The first-order chi connectivity index (χ1) is 38.1. The Labute approximate surface area is 470 Å². The maximum Gasteiger partial charge on any atom is 0.315 e. The Balaban J connectivity index is 0.000000760. The number of nitrogens with zero attached hydrogens (tertiary/aromatic N) is 4. The highest BCUT2D eigenvalue weighted by molar-refractivity contribution is 8.00. The monoisotopic (exact) mass is 1160 g/mol. The zero-order chi connectivity index (χ0) is 58.0. The van der Waals surface area contributed by atoms with E-state index in [0.717, 1.165) is 49.0 Å². The van der Waals surface area contributed by atoms with Crippen LogP contribution in [-0.2, 0) is 47.2 Å². The molecule has 6 N–H and O–H groups in total. The summed E-state index contributed by atoms with van der Waals surface area (Å²) in [6.45, 7) is 6.01. The molecule has 2 fully saturated rings. The van der Waals surface area contributed by atoms with Gasteiger partial charge < -0.3 is 31.7 Å². The second-order valence-electron chi connectivity index (χ2n) is 20.3. The Morgan fingerprint density at radius 1 is 0.812 bits per heavy atom. The summed E-state index contributed by atoms with van der Waals surface area (Å²) in [4.78, 5) is 63.8. The number of sulfonamides is 1. The van der Waals surface area contributed by atoms with Crippen LogP contribution in [0.3, 0.4) is 0 Å². The van der Waals surface area contributed by atoms with E-state index < -0.39 is 60.5 Å². The van der Waals surface area contributed by atoms with Gasteiger partial charge in [0, 0.05) is 73.3 Å². The zero-order valence-electron chi connectivity index (χ0n) is 45.2. The lowest BCUT2D eigenvalue weighted by Crippen LogP contribution is -2.47. The molecule has 1 unspecified atom stereocenters. The molecule has 2 aliphatic heterocycles. The maximum absolute atomic E-state index is 13.8. The normalized spacial score (nSPS) is 17.1. The number of ketones is 1. The van der Waals surface area contributed by atoms with Crippen molar-refractivity contribution in [3.8, 4) is 0 Å². The van der Waals surface area contributed by atoms with Gasteiger partial charge in [-0.3, -0.25) is 19.2 Å². The van der Waals surface area contributed by atoms with Crippen LogP contribution in [0.1, 0.15) is 105 Å². The highest BCUT2D eigenvalue weighted by Gasteiger charge is 2.42. The number of sulfone groups is 1. The number of hydrogen-bond acceptors (Lipinski definition) is 13. The molecule has 432 valence electrons. The number of amides is 5. The number of hydrogen-bond donors (Lipinski definition) is 6. The number of fused-ring (bicyclic) bond motifs is 1. The van der Waals surface area contributed by atoms with E-state index in [1.807, 2.05) is 31.7 Å². The summed E-state index contributed by atoms with van der Waals surface area (Å²) in [5.41, 5.74) is 2.16. The second kappa shape index (κ2) is 29.7. The molecule has 5 aromatic rings. The van der Waals surface area contributed by atoms with Gasteiger partial charge in [-0.15, -0.1) is 5.10 Å². The lowest BCUT2D eigenvalue weighted by molar-refractivity contribution is -0.129. The van der Waals surface area contributed by atoms with Crippen molar-refractivity contribution in [1.29, 1.82) is 0 Å². The smallest absolute Gasteiger partial charge is 0.315 e. The molecule has 0 saturated carbocycles. The summed E-state index contributed by atoms with van der Waals surface area (Å²) in [5.74, 6) is -1.84. The number of carbonyl (C=O) groups is 5. The Morgan fingerprint density at radius 3 is 2.15 bits per heavy atom. The van der Waals surface area contributed by atoms with E-state index >= 15 is 0 Å². The van der Waals surface area contributed by atoms with E-state index in [4.69, 9.17) is 0 Å². The summed E-state index contributed by atoms with van der Waals surface area (Å²) in [6, 6.07) is 24.9. The van der Waals surface area contributed by atoms with Crippen LogP contribution in [0.4, 0.5) is 13.6 Å². The van der Waals surface area contributed by atoms with Crippen molar-refractivity contribution in [3.63, 3.8) is 0 Å². The third-order valence-corrected chi connectivity index (χ3v) is 17.9. The summed E-state index contributed by atoms with van der Waals surface area (Å²) in [5, 5.41) is 34.7. The number of aromatic nitrogens is 3. The Morgan fingerprint density at radius 2 is 1.48 bits per heavy atom. The van der Waals surface area contributed by atoms with Gasteiger partial charge in [0.15, 0.2) is 15.6 Å². The van der Waals surface area contributed by atoms with Crippen LogP contribution in [0.5, 0.6) is 0 Å². The van der Waals surface area contributed by atoms with E-state index in [0.29, 0.717) is 60.4 Å². The molecule has 5 amide bonds. The largest absolute Gasteiger partial charge is 0.390 e. The fourth-order valence-electron chi connectivity index (χ4n) is 9.06. The molecule has 3 heterocycles. The molecule has 19 nitrogen and oxygen atoms in total. The van der Waals surface area contributed by atoms with Crippen LogP contribution in [0, 0.1) is 17.6 Å². The van der Waals surface area contributed by atoms with Gasteiger partial charge in [0.25, 0.3) is 0 Å². The first-order valence-corrected chi connectivity index (χ1v) is 31.0. The number of halogens is 2. The molecule has 0 bridgehead atoms. The lowest BCUT2D eigenvalue weighted by atomic mass is 9.99. The third kappa shape index (κ3) is 18.7. The molecule has 2 aliphatic rings. The SMILES string of the molecule is CC(C)CN(CC(O)[C@H](C)n1cc(CNC(=O)[C@H](Cc2ccc(C(=O)c3ccccc3)cc2)NC(=O)CCCCCNC(=O)CCCC[C@@H]2SC[C@@H]3NC(=O)N[C@@H]32)nn1)S(=O)(=O)c1ccccc1.CS(=O)(=O)c1ccc(F)cc1F. The number of rotatable bonds is 28. The van der Waals surface area contributed by atoms with Crippen LogP contribution in [0.15, 0.2) is 119 Å². The molecule has 1 aromatic heterocycles. The molecular formula is C56H71F2N9O10S3. The molecule has 0 spiro atoms. The first kappa shape index (κ1) is 62.6. The summed E-state index contributed by atoms with van der Waals surface area (Å²) < 4.78 is 76.4. The topological polar surface area (TPSA) is 268 Å². The van der Waals surface area contributed by atoms with Crippen LogP contribution in [0.25, 0.3) is 0 Å². The van der Waals surface area contributed by atoms with Crippen molar-refractivity contribution in [2.75, 3.05) is 31.6 Å². The van der Waals surface area contributed by atoms with E-state index in [1.54, 1.807) is 79.9 Å². The van der Waals surface area contributed by atoms with Crippen LogP contribution < -0.4 is 26.6 Å². The van der Waals surface area contributed by atoms with Gasteiger partial charge in [-0.05, 0) is 68.4 Å².